The summed E-state index contributed by atoms with van der Waals surface area (Å²) in [5, 5.41) is 31.5. The highest BCUT2D eigenvalue weighted by Crippen LogP contribution is 1.96. The Balaban J connectivity index is 0. The largest absolute Gasteiger partial charge is 0.400 e. The smallest absolute Gasteiger partial charge is 0.0621 e. The van der Waals surface area contributed by atoms with Crippen molar-refractivity contribution in [3.63, 3.8) is 0 Å². The minimum Gasteiger partial charge on any atom is -0.400 e. The van der Waals surface area contributed by atoms with Gasteiger partial charge in [-0.3, -0.25) is 0 Å². The summed E-state index contributed by atoms with van der Waals surface area (Å²) in [5.74, 6) is 0. The number of nitrogens with zero attached hydrogens (tertiary/aromatic N) is 4. The van der Waals surface area contributed by atoms with Crippen molar-refractivity contribution in [3.05, 3.63) is 0 Å². The van der Waals surface area contributed by atoms with Crippen LogP contribution in [0, 0.1) is 22.7 Å². The number of hydrogen-bond acceptors (Lipinski definition) is 5. The average molecular weight is 224 g/mol. The van der Waals surface area contributed by atoms with Crippen LogP contribution < -0.4 is 0 Å². The van der Waals surface area contributed by atoms with Gasteiger partial charge in [-0.2, -0.15) is 20.8 Å². The summed E-state index contributed by atoms with van der Waals surface area (Å²) in [7, 11) is 1.00. The number of nitriles is 2. The van der Waals surface area contributed by atoms with Gasteiger partial charge in [-0.15, -0.1) is 0 Å². The van der Waals surface area contributed by atoms with E-state index in [4.69, 9.17) is 15.6 Å². The Morgan fingerprint density at radius 2 is 1.19 bits per heavy atom. The molecule has 16 heavy (non-hydrogen) atoms. The van der Waals surface area contributed by atoms with E-state index in [0.717, 1.165) is 45.9 Å². The van der Waals surface area contributed by atoms with Crippen LogP contribution in [0.3, 0.4) is 0 Å². The fourth-order valence-electron chi connectivity index (χ4n) is 0.915. The van der Waals surface area contributed by atoms with Crippen LogP contribution in [-0.2, 0) is 0 Å². The standard InChI is InChI=1S/C10H16N4.CH4O/c11-7-3-1-5-9-13-14-10-6-2-4-8-12;1-2/h1-6,9-10H2;2H,1H3. The summed E-state index contributed by atoms with van der Waals surface area (Å²) in [6.07, 6.45) is 4.91. The quantitative estimate of drug-likeness (QED) is 0.507. The average Bonchev–Trinajstić information content (AvgIpc) is 2.34. The van der Waals surface area contributed by atoms with Gasteiger partial charge in [0.2, 0.25) is 0 Å². The van der Waals surface area contributed by atoms with Crippen LogP contribution in [0.2, 0.25) is 0 Å². The van der Waals surface area contributed by atoms with Crippen molar-refractivity contribution in [2.75, 3.05) is 20.2 Å². The predicted octanol–water partition coefficient (Wildman–Crippen LogP) is 2.43. The zero-order chi connectivity index (χ0) is 12.5. The molecule has 0 amide bonds. The minimum absolute atomic E-state index is 0.609. The molecular formula is C11H20N4O. The molecule has 0 aromatic carbocycles. The number of aliphatic hydroxyl groups is 1. The van der Waals surface area contributed by atoms with E-state index in [1.807, 2.05) is 0 Å². The molecule has 0 aliphatic heterocycles. The first-order valence-corrected chi connectivity index (χ1v) is 5.43. The zero-order valence-electron chi connectivity index (χ0n) is 9.89. The van der Waals surface area contributed by atoms with Crippen LogP contribution in [0.15, 0.2) is 10.2 Å². The molecule has 0 aromatic rings. The van der Waals surface area contributed by atoms with Gasteiger partial charge in [-0.25, -0.2) is 0 Å². The Labute approximate surface area is 97.4 Å². The van der Waals surface area contributed by atoms with Crippen molar-refractivity contribution in [1.29, 1.82) is 10.5 Å². The normalized spacial score (nSPS) is 9.00. The van der Waals surface area contributed by atoms with Gasteiger partial charge in [0.05, 0.1) is 25.2 Å². The van der Waals surface area contributed by atoms with Gasteiger partial charge < -0.3 is 5.11 Å². The summed E-state index contributed by atoms with van der Waals surface area (Å²) in [6.45, 7) is 1.44. The predicted molar refractivity (Wildman–Crippen MR) is 61.7 cm³/mol. The second kappa shape index (κ2) is 19.2. The second-order valence-corrected chi connectivity index (χ2v) is 2.96. The minimum atomic E-state index is 0.609. The molecule has 5 heteroatoms. The van der Waals surface area contributed by atoms with Gasteiger partial charge in [0.15, 0.2) is 0 Å². The van der Waals surface area contributed by atoms with Crippen molar-refractivity contribution >= 4 is 0 Å². The number of rotatable bonds is 8. The summed E-state index contributed by atoms with van der Waals surface area (Å²) in [6, 6.07) is 4.18. The lowest BCUT2D eigenvalue weighted by molar-refractivity contribution is 0.399. The van der Waals surface area contributed by atoms with E-state index in [9.17, 15) is 0 Å². The Morgan fingerprint density at radius 1 is 0.812 bits per heavy atom. The van der Waals surface area contributed by atoms with Gasteiger partial charge in [0.1, 0.15) is 0 Å². The molecule has 1 N–H and O–H groups in total. The van der Waals surface area contributed by atoms with Gasteiger partial charge >= 0.3 is 0 Å². The molecule has 0 radical (unpaired) electrons. The molecule has 0 aliphatic rings. The lowest BCUT2D eigenvalue weighted by Crippen LogP contribution is -1.83. The van der Waals surface area contributed by atoms with E-state index in [1.165, 1.54) is 0 Å². The molecule has 0 saturated heterocycles. The fourth-order valence-corrected chi connectivity index (χ4v) is 0.915. The van der Waals surface area contributed by atoms with Gasteiger partial charge in [-0.1, -0.05) is 0 Å². The highest BCUT2D eigenvalue weighted by Gasteiger charge is 1.87. The molecule has 0 aromatic heterocycles. The van der Waals surface area contributed by atoms with Crippen molar-refractivity contribution in [2.45, 2.75) is 38.5 Å². The summed E-state index contributed by atoms with van der Waals surface area (Å²) >= 11 is 0. The molecule has 0 atom stereocenters. The lowest BCUT2D eigenvalue weighted by Gasteiger charge is -1.91. The molecule has 90 valence electrons. The molecular weight excluding hydrogens is 204 g/mol. The van der Waals surface area contributed by atoms with Crippen LogP contribution in [0.4, 0.5) is 0 Å². The molecule has 0 bridgehead atoms. The van der Waals surface area contributed by atoms with Crippen molar-refractivity contribution < 1.29 is 5.11 Å². The molecule has 5 nitrogen and oxygen atoms in total. The Morgan fingerprint density at radius 3 is 1.50 bits per heavy atom. The van der Waals surface area contributed by atoms with E-state index >= 15 is 0 Å². The number of azo groups is 1. The fraction of sp³-hybridized carbons (Fsp3) is 0.818. The summed E-state index contributed by atoms with van der Waals surface area (Å²) < 4.78 is 0. The molecule has 0 fully saturated rings. The van der Waals surface area contributed by atoms with Gasteiger partial charge in [-0.05, 0) is 25.7 Å². The number of aliphatic hydroxyl groups excluding tert-OH is 1. The van der Waals surface area contributed by atoms with Crippen LogP contribution in [0.1, 0.15) is 38.5 Å². The lowest BCUT2D eigenvalue weighted by atomic mass is 10.2. The molecule has 0 rings (SSSR count). The van der Waals surface area contributed by atoms with Crippen LogP contribution in [-0.4, -0.2) is 25.3 Å². The van der Waals surface area contributed by atoms with Crippen molar-refractivity contribution in [3.8, 4) is 12.1 Å². The third-order valence-electron chi connectivity index (χ3n) is 1.69. The van der Waals surface area contributed by atoms with Crippen LogP contribution >= 0.6 is 0 Å². The summed E-state index contributed by atoms with van der Waals surface area (Å²) in [4.78, 5) is 0. The third kappa shape index (κ3) is 18.3. The maximum Gasteiger partial charge on any atom is 0.0621 e. The van der Waals surface area contributed by atoms with Crippen LogP contribution in [0.5, 0.6) is 0 Å². The first-order chi connectivity index (χ1) is 7.91. The van der Waals surface area contributed by atoms with Crippen molar-refractivity contribution in [2.24, 2.45) is 10.2 Å². The topological polar surface area (TPSA) is 92.5 Å². The first kappa shape index (κ1) is 17.0. The third-order valence-corrected chi connectivity index (χ3v) is 1.69. The van der Waals surface area contributed by atoms with Gasteiger partial charge in [0, 0.05) is 20.0 Å². The van der Waals surface area contributed by atoms with E-state index < -0.39 is 0 Å². The Hall–Kier alpha value is -1.46. The number of unbranched alkanes of at least 4 members (excludes halogenated alkanes) is 4. The number of hydrogen-bond donors (Lipinski definition) is 1. The SMILES string of the molecule is CO.N#CCCCCN=NCCCCC#N. The maximum absolute atomic E-state index is 8.26. The first-order valence-electron chi connectivity index (χ1n) is 5.43. The molecule has 0 unspecified atom stereocenters. The van der Waals surface area contributed by atoms with E-state index in [1.54, 1.807) is 0 Å². The highest BCUT2D eigenvalue weighted by molar-refractivity contribution is 4.68. The second-order valence-electron chi connectivity index (χ2n) is 2.96. The molecule has 0 saturated carbocycles. The molecule has 0 heterocycles. The molecule has 0 spiro atoms. The highest BCUT2D eigenvalue weighted by atomic mass is 16.2. The maximum atomic E-state index is 8.26. The van der Waals surface area contributed by atoms with E-state index in [0.29, 0.717) is 12.8 Å². The van der Waals surface area contributed by atoms with Gasteiger partial charge in [0.25, 0.3) is 0 Å². The Bertz CT molecular complexity index is 203. The van der Waals surface area contributed by atoms with E-state index in [2.05, 4.69) is 22.4 Å². The monoisotopic (exact) mass is 224 g/mol. The zero-order valence-corrected chi connectivity index (χ0v) is 9.89. The Kier molecular flexibility index (Phi) is 20.3. The van der Waals surface area contributed by atoms with Crippen LogP contribution in [0.25, 0.3) is 0 Å². The summed E-state index contributed by atoms with van der Waals surface area (Å²) in [5.41, 5.74) is 0. The van der Waals surface area contributed by atoms with E-state index in [-0.39, 0.29) is 0 Å². The van der Waals surface area contributed by atoms with Crippen molar-refractivity contribution in [1.82, 2.24) is 0 Å². The molecule has 0 aliphatic carbocycles.